The maximum atomic E-state index is 13.0. The first-order chi connectivity index (χ1) is 15.3. The van der Waals surface area contributed by atoms with Gasteiger partial charge in [-0.15, -0.1) is 0 Å². The van der Waals surface area contributed by atoms with Crippen LogP contribution in [0.5, 0.6) is 11.5 Å². The Hall–Kier alpha value is -2.78. The van der Waals surface area contributed by atoms with E-state index in [0.717, 1.165) is 6.42 Å². The van der Waals surface area contributed by atoms with E-state index in [4.69, 9.17) is 18.6 Å². The SMILES string of the molecule is COc1cc2cc(C(=O)N[C@@H](CC(C)C)C(=O)NC3CCCOC[C@H]3O)oc2cc1OC. The van der Waals surface area contributed by atoms with Gasteiger partial charge >= 0.3 is 0 Å². The van der Waals surface area contributed by atoms with Crippen molar-refractivity contribution in [3.8, 4) is 11.5 Å². The molecule has 3 rings (SSSR count). The Morgan fingerprint density at radius 3 is 2.59 bits per heavy atom. The molecule has 0 aliphatic carbocycles. The lowest BCUT2D eigenvalue weighted by Crippen LogP contribution is -2.53. The number of furan rings is 1. The predicted octanol–water partition coefficient (Wildman–Crippen LogP) is 2.25. The number of amides is 2. The molecule has 1 fully saturated rings. The molecule has 0 spiro atoms. The van der Waals surface area contributed by atoms with Crippen LogP contribution in [0.25, 0.3) is 11.0 Å². The molecule has 1 aliphatic rings. The molecule has 1 unspecified atom stereocenters. The van der Waals surface area contributed by atoms with Crippen LogP contribution in [0.2, 0.25) is 0 Å². The summed E-state index contributed by atoms with van der Waals surface area (Å²) in [6.07, 6.45) is 1.02. The monoisotopic (exact) mass is 448 g/mol. The molecule has 9 heteroatoms. The standard InChI is InChI=1S/C23H32N2O7/c1-13(2)8-16(22(27)24-15-6-5-7-31-12-17(15)26)25-23(28)21-10-14-9-19(29-3)20(30-4)11-18(14)32-21/h9-11,13,15-17,26H,5-8,12H2,1-4H3,(H,24,27)(H,25,28)/t15?,16-,17+/m0/s1. The van der Waals surface area contributed by atoms with Crippen molar-refractivity contribution < 1.29 is 33.3 Å². The minimum atomic E-state index is -0.780. The topological polar surface area (TPSA) is 119 Å². The van der Waals surface area contributed by atoms with Crippen LogP contribution in [-0.2, 0) is 9.53 Å². The van der Waals surface area contributed by atoms with E-state index < -0.39 is 24.1 Å². The molecule has 1 aromatic heterocycles. The molecule has 3 atom stereocenters. The fourth-order valence-corrected chi connectivity index (χ4v) is 3.78. The minimum absolute atomic E-state index is 0.0831. The van der Waals surface area contributed by atoms with E-state index in [-0.39, 0.29) is 24.2 Å². The first-order valence-corrected chi connectivity index (χ1v) is 10.8. The molecule has 2 amide bonds. The number of aliphatic hydroxyl groups is 1. The largest absolute Gasteiger partial charge is 0.493 e. The van der Waals surface area contributed by atoms with Crippen LogP contribution in [0.4, 0.5) is 0 Å². The van der Waals surface area contributed by atoms with Gasteiger partial charge in [-0.2, -0.15) is 0 Å². The number of carbonyl (C=O) groups excluding carboxylic acids is 2. The minimum Gasteiger partial charge on any atom is -0.493 e. The molecule has 3 N–H and O–H groups in total. The highest BCUT2D eigenvalue weighted by Crippen LogP contribution is 2.33. The van der Waals surface area contributed by atoms with Crippen molar-refractivity contribution in [2.24, 2.45) is 5.92 Å². The quantitative estimate of drug-likeness (QED) is 0.567. The highest BCUT2D eigenvalue weighted by Gasteiger charge is 2.29. The molecule has 1 saturated heterocycles. The van der Waals surface area contributed by atoms with Crippen molar-refractivity contribution in [1.82, 2.24) is 10.6 Å². The summed E-state index contributed by atoms with van der Waals surface area (Å²) in [4.78, 5) is 25.9. The van der Waals surface area contributed by atoms with Gasteiger partial charge in [0.1, 0.15) is 11.6 Å². The van der Waals surface area contributed by atoms with Crippen molar-refractivity contribution in [3.63, 3.8) is 0 Å². The fourth-order valence-electron chi connectivity index (χ4n) is 3.78. The van der Waals surface area contributed by atoms with Crippen LogP contribution >= 0.6 is 0 Å². The van der Waals surface area contributed by atoms with E-state index in [0.29, 0.717) is 41.9 Å². The smallest absolute Gasteiger partial charge is 0.287 e. The van der Waals surface area contributed by atoms with Crippen molar-refractivity contribution >= 4 is 22.8 Å². The van der Waals surface area contributed by atoms with Gasteiger partial charge in [0.25, 0.3) is 5.91 Å². The third-order valence-corrected chi connectivity index (χ3v) is 5.46. The summed E-state index contributed by atoms with van der Waals surface area (Å²) in [5.41, 5.74) is 0.472. The maximum absolute atomic E-state index is 13.0. The number of aliphatic hydroxyl groups excluding tert-OH is 1. The Bertz CT molecular complexity index is 899. The summed E-state index contributed by atoms with van der Waals surface area (Å²) in [6, 6.07) is 3.79. The number of rotatable bonds is 8. The van der Waals surface area contributed by atoms with Crippen LogP contribution in [0.1, 0.15) is 43.7 Å². The number of benzene rings is 1. The third-order valence-electron chi connectivity index (χ3n) is 5.46. The van der Waals surface area contributed by atoms with E-state index in [1.165, 1.54) is 14.2 Å². The Morgan fingerprint density at radius 2 is 1.91 bits per heavy atom. The van der Waals surface area contributed by atoms with E-state index in [1.807, 2.05) is 13.8 Å². The first kappa shape index (κ1) is 23.9. The van der Waals surface area contributed by atoms with Crippen molar-refractivity contribution in [2.45, 2.75) is 51.3 Å². The summed E-state index contributed by atoms with van der Waals surface area (Å²) in [7, 11) is 3.05. The first-order valence-electron chi connectivity index (χ1n) is 10.8. The van der Waals surface area contributed by atoms with E-state index in [2.05, 4.69) is 10.6 Å². The van der Waals surface area contributed by atoms with Gasteiger partial charge < -0.3 is 34.4 Å². The van der Waals surface area contributed by atoms with Gasteiger partial charge in [-0.3, -0.25) is 9.59 Å². The highest BCUT2D eigenvalue weighted by molar-refractivity contribution is 5.99. The average Bonchev–Trinajstić information content (AvgIpc) is 3.08. The Labute approximate surface area is 187 Å². The molecule has 1 aromatic carbocycles. The van der Waals surface area contributed by atoms with Crippen molar-refractivity contribution in [2.75, 3.05) is 27.4 Å². The molecule has 0 bridgehead atoms. The number of fused-ring (bicyclic) bond motifs is 1. The van der Waals surface area contributed by atoms with Gasteiger partial charge in [0.2, 0.25) is 5.91 Å². The number of ether oxygens (including phenoxy) is 3. The predicted molar refractivity (Wildman–Crippen MR) is 118 cm³/mol. The van der Waals surface area contributed by atoms with Gasteiger partial charge in [0, 0.05) is 18.1 Å². The summed E-state index contributed by atoms with van der Waals surface area (Å²) in [5.74, 6) is 0.430. The Kier molecular flexibility index (Phi) is 7.98. The Morgan fingerprint density at radius 1 is 1.19 bits per heavy atom. The number of hydrogen-bond acceptors (Lipinski definition) is 7. The summed E-state index contributed by atoms with van der Waals surface area (Å²) >= 11 is 0. The summed E-state index contributed by atoms with van der Waals surface area (Å²) < 4.78 is 21.6. The van der Waals surface area contributed by atoms with E-state index in [1.54, 1.807) is 18.2 Å². The van der Waals surface area contributed by atoms with Crippen LogP contribution in [-0.4, -0.2) is 62.5 Å². The zero-order valence-electron chi connectivity index (χ0n) is 19.0. The maximum Gasteiger partial charge on any atom is 0.287 e. The number of carbonyl (C=O) groups is 2. The van der Waals surface area contributed by atoms with Gasteiger partial charge in [-0.25, -0.2) is 0 Å². The highest BCUT2D eigenvalue weighted by atomic mass is 16.5. The lowest BCUT2D eigenvalue weighted by Gasteiger charge is -2.25. The second-order valence-electron chi connectivity index (χ2n) is 8.41. The van der Waals surface area contributed by atoms with E-state index >= 15 is 0 Å². The zero-order chi connectivity index (χ0) is 23.3. The van der Waals surface area contributed by atoms with E-state index in [9.17, 15) is 14.7 Å². The van der Waals surface area contributed by atoms with Gasteiger partial charge in [0.05, 0.1) is 33.0 Å². The molecule has 0 saturated carbocycles. The number of hydrogen-bond donors (Lipinski definition) is 3. The van der Waals surface area contributed by atoms with Crippen molar-refractivity contribution in [3.05, 3.63) is 24.0 Å². The molecule has 0 radical (unpaired) electrons. The normalized spacial score (nSPS) is 19.9. The molecule has 2 heterocycles. The second kappa shape index (κ2) is 10.7. The molecule has 2 aromatic rings. The fraction of sp³-hybridized carbons (Fsp3) is 0.565. The number of methoxy groups -OCH3 is 2. The molecule has 176 valence electrons. The van der Waals surface area contributed by atoms with Crippen LogP contribution in [0, 0.1) is 5.92 Å². The number of nitrogens with one attached hydrogen (secondary N) is 2. The zero-order valence-corrected chi connectivity index (χ0v) is 19.0. The molecule has 9 nitrogen and oxygen atoms in total. The molecule has 32 heavy (non-hydrogen) atoms. The van der Waals surface area contributed by atoms with Crippen LogP contribution < -0.4 is 20.1 Å². The van der Waals surface area contributed by atoms with Crippen molar-refractivity contribution in [1.29, 1.82) is 0 Å². The van der Waals surface area contributed by atoms with Gasteiger partial charge in [-0.05, 0) is 37.3 Å². The van der Waals surface area contributed by atoms with Crippen LogP contribution in [0.3, 0.4) is 0 Å². The second-order valence-corrected chi connectivity index (χ2v) is 8.41. The third kappa shape index (κ3) is 5.72. The lowest BCUT2D eigenvalue weighted by atomic mass is 10.0. The molecular weight excluding hydrogens is 416 g/mol. The summed E-state index contributed by atoms with van der Waals surface area (Å²) in [5, 5.41) is 16.6. The van der Waals surface area contributed by atoms with Crippen LogP contribution in [0.15, 0.2) is 22.6 Å². The molecule has 1 aliphatic heterocycles. The molecular formula is C23H32N2O7. The van der Waals surface area contributed by atoms with Gasteiger partial charge in [0.15, 0.2) is 17.3 Å². The Balaban J connectivity index is 1.75. The lowest BCUT2D eigenvalue weighted by molar-refractivity contribution is -0.125. The van der Waals surface area contributed by atoms with Gasteiger partial charge in [-0.1, -0.05) is 13.8 Å². The average molecular weight is 449 g/mol. The summed E-state index contributed by atoms with van der Waals surface area (Å²) in [6.45, 7) is 4.68.